The van der Waals surface area contributed by atoms with Crippen LogP contribution in [0.15, 0.2) is 34.3 Å². The van der Waals surface area contributed by atoms with Gasteiger partial charge in [0.05, 0.1) is 31.1 Å². The van der Waals surface area contributed by atoms with Gasteiger partial charge in [0.1, 0.15) is 5.25 Å². The van der Waals surface area contributed by atoms with Crippen LogP contribution >= 0.6 is 15.9 Å². The van der Waals surface area contributed by atoms with Gasteiger partial charge in [-0.2, -0.15) is 0 Å². The van der Waals surface area contributed by atoms with Crippen molar-refractivity contribution in [1.29, 1.82) is 0 Å². The lowest BCUT2D eigenvalue weighted by atomic mass is 9.94. The van der Waals surface area contributed by atoms with Crippen LogP contribution in [0.4, 0.5) is 5.69 Å². The Morgan fingerprint density at radius 3 is 2.62 bits per heavy atom. The highest BCUT2D eigenvalue weighted by Gasteiger charge is 2.46. The summed E-state index contributed by atoms with van der Waals surface area (Å²) in [5.41, 5.74) is 1.55. The Morgan fingerprint density at radius 2 is 2.03 bits per heavy atom. The zero-order valence-corrected chi connectivity index (χ0v) is 19.1. The topological polar surface area (TPSA) is 90.9 Å². The Balaban J connectivity index is 1.91. The minimum absolute atomic E-state index is 0.0439. The Kier molecular flexibility index (Phi) is 6.72. The van der Waals surface area contributed by atoms with Crippen molar-refractivity contribution in [3.8, 4) is 0 Å². The number of benzene rings is 1. The first-order valence-corrected chi connectivity index (χ1v) is 12.0. The van der Waals surface area contributed by atoms with E-state index in [1.54, 1.807) is 13.0 Å². The molecule has 3 rings (SSSR count). The van der Waals surface area contributed by atoms with Crippen LogP contribution in [-0.2, 0) is 29.0 Å². The smallest absolute Gasteiger partial charge is 0.335 e. The Hall–Kier alpha value is -1.42. The molecule has 1 aliphatic heterocycles. The molecule has 29 heavy (non-hydrogen) atoms. The molecular formula is C20H26BrNO6S. The van der Waals surface area contributed by atoms with E-state index in [0.717, 1.165) is 5.56 Å². The summed E-state index contributed by atoms with van der Waals surface area (Å²) < 4.78 is 46.0. The number of hydrogen-bond donors (Lipinski definition) is 1. The maximum atomic E-state index is 13.2. The Bertz CT molecular complexity index is 906. The van der Waals surface area contributed by atoms with E-state index in [2.05, 4.69) is 34.5 Å². The average molecular weight is 488 g/mol. The fraction of sp³-hybridized carbons (Fsp3) is 0.550. The van der Waals surface area contributed by atoms with Crippen molar-refractivity contribution >= 4 is 37.6 Å². The average Bonchev–Trinajstić information content (AvgIpc) is 3.10. The van der Waals surface area contributed by atoms with Gasteiger partial charge in [-0.25, -0.2) is 13.2 Å². The van der Waals surface area contributed by atoms with Crippen molar-refractivity contribution in [2.45, 2.75) is 50.6 Å². The van der Waals surface area contributed by atoms with E-state index in [1.165, 1.54) is 6.08 Å². The molecule has 0 amide bonds. The SMILES string of the molecule is CCOC(=O)C1=CC2(CCC1S(=O)(=O)Nc1ccc(C(C)C)cc1Br)OCCO2. The van der Waals surface area contributed by atoms with E-state index in [0.29, 0.717) is 35.7 Å². The van der Waals surface area contributed by atoms with E-state index in [9.17, 15) is 13.2 Å². The maximum absolute atomic E-state index is 13.2. The number of esters is 1. The molecule has 0 saturated carbocycles. The number of anilines is 1. The van der Waals surface area contributed by atoms with Crippen LogP contribution in [0.1, 0.15) is 45.1 Å². The van der Waals surface area contributed by atoms with Gasteiger partial charge in [0.15, 0.2) is 5.79 Å². The molecule has 1 saturated heterocycles. The lowest BCUT2D eigenvalue weighted by Crippen LogP contribution is -2.42. The number of ether oxygens (including phenoxy) is 3. The van der Waals surface area contributed by atoms with Gasteiger partial charge >= 0.3 is 5.97 Å². The zero-order valence-electron chi connectivity index (χ0n) is 16.7. The first kappa shape index (κ1) is 22.3. The highest BCUT2D eigenvalue weighted by Crippen LogP contribution is 2.38. The first-order chi connectivity index (χ1) is 13.7. The van der Waals surface area contributed by atoms with Gasteiger partial charge in [-0.15, -0.1) is 0 Å². The monoisotopic (exact) mass is 487 g/mol. The van der Waals surface area contributed by atoms with E-state index >= 15 is 0 Å². The normalized spacial score (nSPS) is 21.3. The predicted octanol–water partition coefficient (Wildman–Crippen LogP) is 3.71. The fourth-order valence-corrected chi connectivity index (χ4v) is 5.69. The molecule has 1 aromatic carbocycles. The minimum Gasteiger partial charge on any atom is -0.463 e. The van der Waals surface area contributed by atoms with Crippen LogP contribution in [0.25, 0.3) is 0 Å². The molecule has 0 bridgehead atoms. The third-order valence-electron chi connectivity index (χ3n) is 5.05. The van der Waals surface area contributed by atoms with E-state index in [-0.39, 0.29) is 18.6 Å². The summed E-state index contributed by atoms with van der Waals surface area (Å²) in [5.74, 6) is -1.40. The molecule has 1 aromatic rings. The molecule has 160 valence electrons. The second-order valence-electron chi connectivity index (χ2n) is 7.40. The molecule has 1 unspecified atom stereocenters. The van der Waals surface area contributed by atoms with Gasteiger partial charge in [-0.3, -0.25) is 4.72 Å². The van der Waals surface area contributed by atoms with Gasteiger partial charge in [0, 0.05) is 10.9 Å². The molecular weight excluding hydrogens is 462 g/mol. The van der Waals surface area contributed by atoms with Crippen LogP contribution in [0.3, 0.4) is 0 Å². The zero-order chi connectivity index (χ0) is 21.2. The summed E-state index contributed by atoms with van der Waals surface area (Å²) in [7, 11) is -3.91. The number of halogens is 1. The second-order valence-corrected chi connectivity index (χ2v) is 10.1. The van der Waals surface area contributed by atoms with Gasteiger partial charge in [0.25, 0.3) is 0 Å². The minimum atomic E-state index is -3.91. The van der Waals surface area contributed by atoms with Gasteiger partial charge < -0.3 is 14.2 Å². The molecule has 1 atom stereocenters. The summed E-state index contributed by atoms with van der Waals surface area (Å²) >= 11 is 3.44. The molecule has 1 heterocycles. The maximum Gasteiger partial charge on any atom is 0.335 e. The third-order valence-corrected chi connectivity index (χ3v) is 7.45. The van der Waals surface area contributed by atoms with Crippen LogP contribution in [-0.4, -0.2) is 45.2 Å². The summed E-state index contributed by atoms with van der Waals surface area (Å²) in [6.45, 7) is 6.75. The quantitative estimate of drug-likeness (QED) is 0.614. The highest BCUT2D eigenvalue weighted by molar-refractivity contribution is 9.10. The largest absolute Gasteiger partial charge is 0.463 e. The Labute approximate surface area is 180 Å². The van der Waals surface area contributed by atoms with Crippen LogP contribution in [0.5, 0.6) is 0 Å². The predicted molar refractivity (Wildman–Crippen MR) is 113 cm³/mol. The number of carbonyl (C=O) groups excluding carboxylic acids is 1. The lowest BCUT2D eigenvalue weighted by Gasteiger charge is -2.33. The van der Waals surface area contributed by atoms with Gasteiger partial charge in [-0.1, -0.05) is 19.9 Å². The third kappa shape index (κ3) is 4.84. The number of carbonyl (C=O) groups is 1. The molecule has 2 aliphatic rings. The van der Waals surface area contributed by atoms with E-state index in [1.807, 2.05) is 12.1 Å². The van der Waals surface area contributed by atoms with Gasteiger partial charge in [0.2, 0.25) is 10.0 Å². The van der Waals surface area contributed by atoms with Crippen molar-refractivity contribution < 1.29 is 27.4 Å². The number of rotatable bonds is 6. The van der Waals surface area contributed by atoms with E-state index in [4.69, 9.17) is 14.2 Å². The van der Waals surface area contributed by atoms with Crippen molar-refractivity contribution in [3.63, 3.8) is 0 Å². The summed E-state index contributed by atoms with van der Waals surface area (Å²) in [5, 5.41) is -1.06. The number of sulfonamides is 1. The molecule has 9 heteroatoms. The highest BCUT2D eigenvalue weighted by atomic mass is 79.9. The standard InChI is InChI=1S/C20H26BrNO6S/c1-4-26-19(23)15-12-20(27-9-10-28-20)8-7-18(15)29(24,25)22-17-6-5-14(13(2)3)11-16(17)21/h5-6,11-13,18,22H,4,7-10H2,1-3H3. The molecule has 1 fully saturated rings. The van der Waals surface area contributed by atoms with E-state index < -0.39 is 27.0 Å². The molecule has 7 nitrogen and oxygen atoms in total. The van der Waals surface area contributed by atoms with Crippen molar-refractivity contribution in [2.24, 2.45) is 0 Å². The van der Waals surface area contributed by atoms with Crippen molar-refractivity contribution in [1.82, 2.24) is 0 Å². The fourth-order valence-electron chi connectivity index (χ4n) is 3.51. The summed E-state index contributed by atoms with van der Waals surface area (Å²) in [6.07, 6.45) is 2.00. The summed E-state index contributed by atoms with van der Waals surface area (Å²) in [6, 6.07) is 5.49. The number of nitrogens with one attached hydrogen (secondary N) is 1. The van der Waals surface area contributed by atoms with Crippen LogP contribution in [0.2, 0.25) is 0 Å². The van der Waals surface area contributed by atoms with Crippen LogP contribution in [0, 0.1) is 0 Å². The molecule has 1 N–H and O–H groups in total. The molecule has 1 spiro atoms. The molecule has 0 aromatic heterocycles. The molecule has 0 radical (unpaired) electrons. The van der Waals surface area contributed by atoms with Crippen LogP contribution < -0.4 is 4.72 Å². The summed E-state index contributed by atoms with van der Waals surface area (Å²) in [4.78, 5) is 12.5. The van der Waals surface area contributed by atoms with Gasteiger partial charge in [-0.05, 0) is 59.0 Å². The van der Waals surface area contributed by atoms with Crippen molar-refractivity contribution in [2.75, 3.05) is 24.5 Å². The second kappa shape index (κ2) is 8.75. The lowest BCUT2D eigenvalue weighted by molar-refractivity contribution is -0.143. The first-order valence-electron chi connectivity index (χ1n) is 9.66. The Morgan fingerprint density at radius 1 is 1.34 bits per heavy atom. The number of hydrogen-bond acceptors (Lipinski definition) is 6. The molecule has 1 aliphatic carbocycles. The van der Waals surface area contributed by atoms with Crippen molar-refractivity contribution in [3.05, 3.63) is 39.9 Å².